The zero-order chi connectivity index (χ0) is 20.9. The Hall–Kier alpha value is -1.10. The second-order valence-corrected chi connectivity index (χ2v) is 7.87. The van der Waals surface area contributed by atoms with Gasteiger partial charge in [0.15, 0.2) is 0 Å². The molecule has 0 aliphatic rings. The van der Waals surface area contributed by atoms with Crippen molar-refractivity contribution in [1.82, 2.24) is 5.32 Å². The van der Waals surface area contributed by atoms with Crippen LogP contribution in [0.2, 0.25) is 0 Å². The van der Waals surface area contributed by atoms with Crippen LogP contribution in [0.25, 0.3) is 0 Å². The standard InChI is InChI=1S/C23H45NO4/c1-3-5-7-9-11-12-13-14-16-18-24-21(23(26)27)20-22(25)28-19-17-15-10-8-6-4-2/h21,24H,3-20H2,1-2H3,(H,26,27). The Balaban J connectivity index is 3.66. The topological polar surface area (TPSA) is 75.6 Å². The fourth-order valence-corrected chi connectivity index (χ4v) is 3.25. The maximum atomic E-state index is 11.8. The Morgan fingerprint density at radius 3 is 1.71 bits per heavy atom. The van der Waals surface area contributed by atoms with Crippen molar-refractivity contribution in [3.63, 3.8) is 0 Å². The minimum Gasteiger partial charge on any atom is -0.480 e. The summed E-state index contributed by atoms with van der Waals surface area (Å²) in [6.07, 6.45) is 17.8. The predicted octanol–water partition coefficient (Wildman–Crippen LogP) is 5.85. The molecule has 0 amide bonds. The number of nitrogens with one attached hydrogen (secondary N) is 1. The molecule has 0 spiro atoms. The van der Waals surface area contributed by atoms with E-state index in [2.05, 4.69) is 19.2 Å². The molecule has 1 unspecified atom stereocenters. The number of carbonyl (C=O) groups excluding carboxylic acids is 1. The number of esters is 1. The average Bonchev–Trinajstić information content (AvgIpc) is 2.67. The normalized spacial score (nSPS) is 12.1. The van der Waals surface area contributed by atoms with Gasteiger partial charge < -0.3 is 15.2 Å². The molecule has 28 heavy (non-hydrogen) atoms. The molecule has 0 aliphatic carbocycles. The Morgan fingerprint density at radius 1 is 0.750 bits per heavy atom. The fourth-order valence-electron chi connectivity index (χ4n) is 3.25. The summed E-state index contributed by atoms with van der Waals surface area (Å²) in [5.41, 5.74) is 0. The Bertz CT molecular complexity index is 374. The summed E-state index contributed by atoms with van der Waals surface area (Å²) in [7, 11) is 0. The van der Waals surface area contributed by atoms with Crippen LogP contribution in [0.1, 0.15) is 117 Å². The van der Waals surface area contributed by atoms with E-state index in [1.165, 1.54) is 70.6 Å². The van der Waals surface area contributed by atoms with E-state index in [1.54, 1.807) is 0 Å². The molecule has 0 aliphatic heterocycles. The molecule has 0 aromatic heterocycles. The van der Waals surface area contributed by atoms with Gasteiger partial charge in [-0.3, -0.25) is 9.59 Å². The van der Waals surface area contributed by atoms with Crippen LogP contribution in [0.3, 0.4) is 0 Å². The Morgan fingerprint density at radius 2 is 1.21 bits per heavy atom. The van der Waals surface area contributed by atoms with Crippen molar-refractivity contribution >= 4 is 11.9 Å². The first-order chi connectivity index (χ1) is 13.6. The summed E-state index contributed by atoms with van der Waals surface area (Å²) in [6, 6.07) is -0.842. The number of carboxylic acid groups (broad SMARTS) is 1. The van der Waals surface area contributed by atoms with Crippen molar-refractivity contribution in [3.8, 4) is 0 Å². The number of carboxylic acids is 1. The third-order valence-electron chi connectivity index (χ3n) is 5.10. The summed E-state index contributed by atoms with van der Waals surface area (Å²) in [4.78, 5) is 23.2. The van der Waals surface area contributed by atoms with Gasteiger partial charge >= 0.3 is 11.9 Å². The highest BCUT2D eigenvalue weighted by atomic mass is 16.5. The monoisotopic (exact) mass is 399 g/mol. The highest BCUT2D eigenvalue weighted by Crippen LogP contribution is 2.09. The smallest absolute Gasteiger partial charge is 0.321 e. The van der Waals surface area contributed by atoms with Crippen LogP contribution in [0.5, 0.6) is 0 Å². The maximum Gasteiger partial charge on any atom is 0.321 e. The van der Waals surface area contributed by atoms with Gasteiger partial charge in [0, 0.05) is 0 Å². The number of unbranched alkanes of at least 4 members (excludes halogenated alkanes) is 13. The van der Waals surface area contributed by atoms with Crippen molar-refractivity contribution in [1.29, 1.82) is 0 Å². The zero-order valence-electron chi connectivity index (χ0n) is 18.5. The van der Waals surface area contributed by atoms with E-state index in [4.69, 9.17) is 4.74 Å². The van der Waals surface area contributed by atoms with Crippen molar-refractivity contribution < 1.29 is 19.4 Å². The number of rotatable bonds is 21. The molecule has 0 fully saturated rings. The molecule has 5 nitrogen and oxygen atoms in total. The van der Waals surface area contributed by atoms with Crippen LogP contribution in [0.15, 0.2) is 0 Å². The molecule has 0 aromatic rings. The quantitative estimate of drug-likeness (QED) is 0.187. The lowest BCUT2D eigenvalue weighted by molar-refractivity contribution is -0.149. The van der Waals surface area contributed by atoms with Crippen LogP contribution in [0.4, 0.5) is 0 Å². The van der Waals surface area contributed by atoms with Gasteiger partial charge in [-0.1, -0.05) is 97.3 Å². The SMILES string of the molecule is CCCCCCCCCCCNC(CC(=O)OCCCCCCCC)C(=O)O. The van der Waals surface area contributed by atoms with E-state index in [-0.39, 0.29) is 6.42 Å². The van der Waals surface area contributed by atoms with Crippen molar-refractivity contribution in [2.75, 3.05) is 13.2 Å². The van der Waals surface area contributed by atoms with Crippen LogP contribution in [-0.2, 0) is 14.3 Å². The highest BCUT2D eigenvalue weighted by molar-refractivity contribution is 5.81. The third-order valence-corrected chi connectivity index (χ3v) is 5.10. The molecule has 0 saturated carbocycles. The van der Waals surface area contributed by atoms with Gasteiger partial charge in [-0.2, -0.15) is 0 Å². The third kappa shape index (κ3) is 18.3. The van der Waals surface area contributed by atoms with Crippen LogP contribution in [0, 0.1) is 0 Å². The van der Waals surface area contributed by atoms with Gasteiger partial charge in [0.2, 0.25) is 0 Å². The predicted molar refractivity (Wildman–Crippen MR) is 116 cm³/mol. The second kappa shape index (κ2) is 20.6. The Kier molecular flexibility index (Phi) is 19.8. The number of hydrogen-bond donors (Lipinski definition) is 2. The van der Waals surface area contributed by atoms with Crippen LogP contribution in [-0.4, -0.2) is 36.2 Å². The van der Waals surface area contributed by atoms with Crippen LogP contribution < -0.4 is 5.32 Å². The van der Waals surface area contributed by atoms with Gasteiger partial charge in [-0.25, -0.2) is 0 Å². The summed E-state index contributed by atoms with van der Waals surface area (Å²) in [5, 5.41) is 12.3. The lowest BCUT2D eigenvalue weighted by Gasteiger charge is -2.14. The molecule has 0 bridgehead atoms. The second-order valence-electron chi connectivity index (χ2n) is 7.87. The van der Waals surface area contributed by atoms with E-state index < -0.39 is 18.0 Å². The molecular formula is C23H45NO4. The molecular weight excluding hydrogens is 354 g/mol. The van der Waals surface area contributed by atoms with Gasteiger partial charge in [0.25, 0.3) is 0 Å². The summed E-state index contributed by atoms with van der Waals surface area (Å²) < 4.78 is 5.19. The van der Waals surface area contributed by atoms with Gasteiger partial charge in [-0.05, 0) is 19.4 Å². The first kappa shape index (κ1) is 26.9. The number of hydrogen-bond acceptors (Lipinski definition) is 4. The molecule has 0 heterocycles. The summed E-state index contributed by atoms with van der Waals surface area (Å²) in [6.45, 7) is 5.45. The fraction of sp³-hybridized carbons (Fsp3) is 0.913. The van der Waals surface area contributed by atoms with Crippen LogP contribution >= 0.6 is 0 Å². The average molecular weight is 400 g/mol. The largest absolute Gasteiger partial charge is 0.480 e. The van der Waals surface area contributed by atoms with E-state index in [9.17, 15) is 14.7 Å². The molecule has 1 atom stereocenters. The number of ether oxygens (including phenoxy) is 1. The van der Waals surface area contributed by atoms with Gasteiger partial charge in [-0.15, -0.1) is 0 Å². The maximum absolute atomic E-state index is 11.8. The lowest BCUT2D eigenvalue weighted by Crippen LogP contribution is -2.39. The first-order valence-electron chi connectivity index (χ1n) is 11.7. The van der Waals surface area contributed by atoms with E-state index >= 15 is 0 Å². The van der Waals surface area contributed by atoms with E-state index in [0.717, 1.165) is 25.7 Å². The number of aliphatic carboxylic acids is 1. The highest BCUT2D eigenvalue weighted by Gasteiger charge is 2.21. The first-order valence-corrected chi connectivity index (χ1v) is 11.7. The molecule has 0 aromatic carbocycles. The van der Waals surface area contributed by atoms with Gasteiger partial charge in [0.1, 0.15) is 6.04 Å². The zero-order valence-corrected chi connectivity index (χ0v) is 18.5. The summed E-state index contributed by atoms with van der Waals surface area (Å²) >= 11 is 0. The van der Waals surface area contributed by atoms with E-state index in [0.29, 0.717) is 13.2 Å². The van der Waals surface area contributed by atoms with Gasteiger partial charge in [0.05, 0.1) is 13.0 Å². The van der Waals surface area contributed by atoms with Crippen molar-refractivity contribution in [3.05, 3.63) is 0 Å². The molecule has 0 rings (SSSR count). The summed E-state index contributed by atoms with van der Waals surface area (Å²) in [5.74, 6) is -1.40. The molecule has 166 valence electrons. The van der Waals surface area contributed by atoms with Crippen molar-refractivity contribution in [2.45, 2.75) is 123 Å². The molecule has 2 N–H and O–H groups in total. The lowest BCUT2D eigenvalue weighted by atomic mass is 10.1. The minimum atomic E-state index is -0.979. The van der Waals surface area contributed by atoms with E-state index in [1.807, 2.05) is 0 Å². The molecule has 0 saturated heterocycles. The molecule has 0 radical (unpaired) electrons. The number of carbonyl (C=O) groups is 2. The Labute approximate surface area is 173 Å². The molecule has 5 heteroatoms. The minimum absolute atomic E-state index is 0.0946. The van der Waals surface area contributed by atoms with Crippen molar-refractivity contribution in [2.24, 2.45) is 0 Å².